The molecule has 5 rings (SSSR count). The summed E-state index contributed by atoms with van der Waals surface area (Å²) in [6.07, 6.45) is 7.43. The van der Waals surface area contributed by atoms with Crippen molar-refractivity contribution >= 4 is 34.4 Å². The number of piperazine rings is 1. The number of amides is 1. The van der Waals surface area contributed by atoms with Crippen LogP contribution in [0.15, 0.2) is 35.4 Å². The Morgan fingerprint density at radius 1 is 1.12 bits per heavy atom. The van der Waals surface area contributed by atoms with Gasteiger partial charge in [0.05, 0.1) is 11.9 Å². The molecule has 1 aliphatic heterocycles. The van der Waals surface area contributed by atoms with E-state index in [4.69, 9.17) is 4.98 Å². The van der Waals surface area contributed by atoms with Gasteiger partial charge in [0.25, 0.3) is 11.5 Å². The lowest BCUT2D eigenvalue weighted by atomic mass is 10.1. The van der Waals surface area contributed by atoms with E-state index in [1.54, 1.807) is 30.9 Å². The summed E-state index contributed by atoms with van der Waals surface area (Å²) < 4.78 is 1.70. The Morgan fingerprint density at radius 3 is 2.56 bits per heavy atom. The highest BCUT2D eigenvalue weighted by Gasteiger charge is 2.25. The second-order valence-electron chi connectivity index (χ2n) is 9.11. The smallest absolute Gasteiger partial charge is 0.265 e. The Bertz CT molecular complexity index is 1240. The van der Waals surface area contributed by atoms with Crippen LogP contribution in [-0.2, 0) is 0 Å². The van der Waals surface area contributed by atoms with E-state index >= 15 is 0 Å². The minimum absolute atomic E-state index is 0.0316. The number of nitrogens with zero attached hydrogens (tertiary/aromatic N) is 6. The van der Waals surface area contributed by atoms with Crippen molar-refractivity contribution in [2.75, 3.05) is 50.5 Å². The van der Waals surface area contributed by atoms with Crippen LogP contribution in [0.3, 0.4) is 0 Å². The van der Waals surface area contributed by atoms with Crippen LogP contribution in [0, 0.1) is 0 Å². The lowest BCUT2D eigenvalue weighted by Crippen LogP contribution is -2.43. The van der Waals surface area contributed by atoms with Gasteiger partial charge < -0.3 is 20.4 Å². The number of nitrogens with one attached hydrogen (secondary N) is 2. The van der Waals surface area contributed by atoms with Crippen molar-refractivity contribution in [3.8, 4) is 0 Å². The lowest BCUT2D eigenvalue weighted by Gasteiger charge is -2.29. The number of aromatic nitrogens is 4. The molecule has 178 valence electrons. The molecular formula is C24H30N8O2. The molecule has 2 aliphatic rings. The summed E-state index contributed by atoms with van der Waals surface area (Å²) in [5.74, 6) is 0.690. The van der Waals surface area contributed by atoms with Crippen LogP contribution in [0.1, 0.15) is 42.1 Å². The van der Waals surface area contributed by atoms with E-state index < -0.39 is 0 Å². The quantitative estimate of drug-likeness (QED) is 0.594. The van der Waals surface area contributed by atoms with Gasteiger partial charge in [-0.15, -0.1) is 0 Å². The molecule has 3 aromatic rings. The van der Waals surface area contributed by atoms with Gasteiger partial charge in [0, 0.05) is 57.9 Å². The molecule has 2 N–H and O–H groups in total. The number of hydrogen-bond acceptors (Lipinski definition) is 8. The van der Waals surface area contributed by atoms with Crippen LogP contribution in [0.2, 0.25) is 0 Å². The van der Waals surface area contributed by atoms with Crippen molar-refractivity contribution < 1.29 is 4.79 Å². The molecule has 0 atom stereocenters. The molecule has 0 spiro atoms. The maximum atomic E-state index is 13.4. The standard InChI is InChI=1S/C24H30N8O2/c1-30(2)22(33)19-13-16-14-27-24(29-21(16)32(23(19)34)17-5-3-4-6-17)28-20-8-7-18(15-26-20)31-11-9-25-10-12-31/h7-8,13-15,17,25H,3-6,9-12H2,1-2H3,(H,26,27,28,29). The number of hydrogen-bond donors (Lipinski definition) is 2. The summed E-state index contributed by atoms with van der Waals surface area (Å²) in [6, 6.07) is 5.59. The van der Waals surface area contributed by atoms with Crippen molar-refractivity contribution in [1.29, 1.82) is 0 Å². The van der Waals surface area contributed by atoms with Gasteiger partial charge in [-0.25, -0.2) is 9.97 Å². The molecule has 4 heterocycles. The normalized spacial score (nSPS) is 16.7. The van der Waals surface area contributed by atoms with E-state index in [1.165, 1.54) is 4.90 Å². The van der Waals surface area contributed by atoms with E-state index in [0.717, 1.165) is 57.5 Å². The Labute approximate surface area is 198 Å². The number of fused-ring (bicyclic) bond motifs is 1. The summed E-state index contributed by atoms with van der Waals surface area (Å²) in [5.41, 5.74) is 1.49. The predicted octanol–water partition coefficient (Wildman–Crippen LogP) is 2.16. The maximum Gasteiger partial charge on any atom is 0.265 e. The third-order valence-electron chi connectivity index (χ3n) is 6.57. The maximum absolute atomic E-state index is 13.4. The Morgan fingerprint density at radius 2 is 1.88 bits per heavy atom. The van der Waals surface area contributed by atoms with Crippen molar-refractivity contribution in [2.24, 2.45) is 0 Å². The molecule has 0 bridgehead atoms. The largest absolute Gasteiger partial charge is 0.368 e. The highest BCUT2D eigenvalue weighted by Crippen LogP contribution is 2.31. The zero-order chi connectivity index (χ0) is 23.7. The second-order valence-corrected chi connectivity index (χ2v) is 9.11. The molecule has 1 saturated carbocycles. The van der Waals surface area contributed by atoms with Crippen LogP contribution in [-0.4, -0.2) is 70.6 Å². The first kappa shape index (κ1) is 22.3. The van der Waals surface area contributed by atoms with Crippen molar-refractivity contribution in [1.82, 2.24) is 29.7 Å². The van der Waals surface area contributed by atoms with Gasteiger partial charge in [-0.05, 0) is 31.0 Å². The first-order valence-corrected chi connectivity index (χ1v) is 11.8. The summed E-state index contributed by atoms with van der Waals surface area (Å²) in [5, 5.41) is 7.19. The third-order valence-corrected chi connectivity index (χ3v) is 6.57. The topological polar surface area (TPSA) is 108 Å². The van der Waals surface area contributed by atoms with Crippen LogP contribution in [0.5, 0.6) is 0 Å². The van der Waals surface area contributed by atoms with Crippen LogP contribution in [0.4, 0.5) is 17.5 Å². The molecule has 3 aromatic heterocycles. The third kappa shape index (κ3) is 4.33. The fourth-order valence-corrected chi connectivity index (χ4v) is 4.76. The second kappa shape index (κ2) is 9.38. The minimum atomic E-state index is -0.311. The first-order valence-electron chi connectivity index (χ1n) is 11.8. The molecule has 10 nitrogen and oxygen atoms in total. The van der Waals surface area contributed by atoms with E-state index in [0.29, 0.717) is 22.8 Å². The molecule has 0 unspecified atom stereocenters. The summed E-state index contributed by atoms with van der Waals surface area (Å²) in [7, 11) is 3.30. The van der Waals surface area contributed by atoms with Crippen LogP contribution in [0.25, 0.3) is 11.0 Å². The number of rotatable bonds is 5. The summed E-state index contributed by atoms with van der Waals surface area (Å²) in [4.78, 5) is 43.4. The van der Waals surface area contributed by atoms with E-state index in [1.807, 2.05) is 18.3 Å². The number of anilines is 3. The molecule has 10 heteroatoms. The highest BCUT2D eigenvalue weighted by atomic mass is 16.2. The van der Waals surface area contributed by atoms with Gasteiger partial charge in [0.15, 0.2) is 0 Å². The van der Waals surface area contributed by atoms with Gasteiger partial charge in [-0.3, -0.25) is 14.2 Å². The zero-order valence-corrected chi connectivity index (χ0v) is 19.6. The predicted molar refractivity (Wildman–Crippen MR) is 132 cm³/mol. The molecule has 34 heavy (non-hydrogen) atoms. The van der Waals surface area contributed by atoms with E-state index in [9.17, 15) is 9.59 Å². The average molecular weight is 463 g/mol. The Kier molecular flexibility index (Phi) is 6.14. The van der Waals surface area contributed by atoms with Gasteiger partial charge >= 0.3 is 0 Å². The van der Waals surface area contributed by atoms with Crippen molar-refractivity contribution in [3.05, 3.63) is 46.5 Å². The Balaban J connectivity index is 1.48. The van der Waals surface area contributed by atoms with Gasteiger partial charge in [-0.1, -0.05) is 12.8 Å². The van der Waals surface area contributed by atoms with Gasteiger partial charge in [0.1, 0.15) is 17.0 Å². The molecule has 0 radical (unpaired) electrons. The molecule has 2 fully saturated rings. The Hall–Kier alpha value is -3.53. The average Bonchev–Trinajstić information content (AvgIpc) is 3.38. The van der Waals surface area contributed by atoms with Gasteiger partial charge in [0.2, 0.25) is 5.95 Å². The number of carbonyl (C=O) groups is 1. The molecular weight excluding hydrogens is 432 g/mol. The number of carbonyl (C=O) groups excluding carboxylic acids is 1. The van der Waals surface area contributed by atoms with E-state index in [2.05, 4.69) is 25.5 Å². The summed E-state index contributed by atoms with van der Waals surface area (Å²) in [6.45, 7) is 3.85. The summed E-state index contributed by atoms with van der Waals surface area (Å²) >= 11 is 0. The fraction of sp³-hybridized carbons (Fsp3) is 0.458. The van der Waals surface area contributed by atoms with Gasteiger partial charge in [-0.2, -0.15) is 4.98 Å². The monoisotopic (exact) mass is 462 g/mol. The lowest BCUT2D eigenvalue weighted by molar-refractivity contribution is 0.0825. The molecule has 1 amide bonds. The van der Waals surface area contributed by atoms with Crippen LogP contribution >= 0.6 is 0 Å². The molecule has 1 aliphatic carbocycles. The van der Waals surface area contributed by atoms with Crippen molar-refractivity contribution in [2.45, 2.75) is 31.7 Å². The first-order chi connectivity index (χ1) is 16.5. The fourth-order valence-electron chi connectivity index (χ4n) is 4.76. The molecule has 0 aromatic carbocycles. The highest BCUT2D eigenvalue weighted by molar-refractivity contribution is 5.96. The molecule has 1 saturated heterocycles. The SMILES string of the molecule is CN(C)C(=O)c1cc2cnc(Nc3ccc(N4CCNCC4)cn3)nc2n(C2CCCC2)c1=O. The van der Waals surface area contributed by atoms with Crippen molar-refractivity contribution in [3.63, 3.8) is 0 Å². The van der Waals surface area contributed by atoms with E-state index in [-0.39, 0.29) is 23.1 Å². The zero-order valence-electron chi connectivity index (χ0n) is 19.6. The minimum Gasteiger partial charge on any atom is -0.368 e. The number of pyridine rings is 2. The van der Waals surface area contributed by atoms with Crippen LogP contribution < -0.4 is 21.1 Å².